The lowest BCUT2D eigenvalue weighted by Gasteiger charge is -2.16. The Hall–Kier alpha value is -2.67. The Labute approximate surface area is 146 Å². The number of benzene rings is 1. The second-order valence-corrected chi connectivity index (χ2v) is 5.66. The van der Waals surface area contributed by atoms with Gasteiger partial charge in [0, 0.05) is 0 Å². The standard InChI is InChI=1S/C18H23N3O4/c1-3-4-10-13(19)17-20-14(11-25-17)16(22)21-15(18(23)24-2)12-8-6-5-7-9-12/h5-9,11,13,15H,3-4,10,19H2,1-2H3,(H,21,22). The highest BCUT2D eigenvalue weighted by Crippen LogP contribution is 2.18. The first kappa shape index (κ1) is 18.7. The number of nitrogens with zero attached hydrogens (tertiary/aromatic N) is 1. The Morgan fingerprint density at radius 1 is 1.32 bits per heavy atom. The van der Waals surface area contributed by atoms with Crippen molar-refractivity contribution in [2.75, 3.05) is 7.11 Å². The van der Waals surface area contributed by atoms with Gasteiger partial charge in [-0.15, -0.1) is 0 Å². The van der Waals surface area contributed by atoms with Crippen molar-refractivity contribution in [3.05, 3.63) is 53.7 Å². The summed E-state index contributed by atoms with van der Waals surface area (Å²) in [5.41, 5.74) is 6.69. The number of hydrogen-bond donors (Lipinski definition) is 2. The number of nitrogens with two attached hydrogens (primary N) is 1. The summed E-state index contributed by atoms with van der Waals surface area (Å²) in [6, 6.07) is 7.56. The fourth-order valence-electron chi connectivity index (χ4n) is 2.36. The maximum absolute atomic E-state index is 12.4. The van der Waals surface area contributed by atoms with E-state index in [-0.39, 0.29) is 11.7 Å². The second kappa shape index (κ2) is 8.98. The molecule has 1 heterocycles. The van der Waals surface area contributed by atoms with Crippen LogP contribution in [0, 0.1) is 0 Å². The van der Waals surface area contributed by atoms with E-state index in [4.69, 9.17) is 14.9 Å². The Morgan fingerprint density at radius 3 is 2.68 bits per heavy atom. The van der Waals surface area contributed by atoms with Crippen LogP contribution in [-0.2, 0) is 9.53 Å². The Kier molecular flexibility index (Phi) is 6.71. The summed E-state index contributed by atoms with van der Waals surface area (Å²) in [4.78, 5) is 28.6. The molecule has 1 aromatic carbocycles. The molecular formula is C18H23N3O4. The zero-order valence-electron chi connectivity index (χ0n) is 14.4. The molecule has 25 heavy (non-hydrogen) atoms. The number of rotatable bonds is 8. The lowest BCUT2D eigenvalue weighted by molar-refractivity contribution is -0.143. The molecule has 0 aliphatic rings. The van der Waals surface area contributed by atoms with Gasteiger partial charge in [0.25, 0.3) is 5.91 Å². The van der Waals surface area contributed by atoms with Gasteiger partial charge in [0.15, 0.2) is 11.7 Å². The number of oxazole rings is 1. The van der Waals surface area contributed by atoms with Crippen molar-refractivity contribution >= 4 is 11.9 Å². The van der Waals surface area contributed by atoms with Crippen molar-refractivity contribution in [1.29, 1.82) is 0 Å². The number of aromatic nitrogens is 1. The van der Waals surface area contributed by atoms with Crippen LogP contribution in [0.15, 0.2) is 41.0 Å². The van der Waals surface area contributed by atoms with Gasteiger partial charge in [0.05, 0.1) is 13.2 Å². The molecule has 0 saturated heterocycles. The fourth-order valence-corrected chi connectivity index (χ4v) is 2.36. The molecule has 0 aliphatic heterocycles. The quantitative estimate of drug-likeness (QED) is 0.712. The summed E-state index contributed by atoms with van der Waals surface area (Å²) < 4.78 is 10.1. The predicted molar refractivity (Wildman–Crippen MR) is 91.6 cm³/mol. The average Bonchev–Trinajstić information content (AvgIpc) is 3.14. The van der Waals surface area contributed by atoms with Crippen LogP contribution < -0.4 is 11.1 Å². The van der Waals surface area contributed by atoms with Crippen molar-refractivity contribution in [3.8, 4) is 0 Å². The number of nitrogens with one attached hydrogen (secondary N) is 1. The largest absolute Gasteiger partial charge is 0.467 e. The van der Waals surface area contributed by atoms with Crippen molar-refractivity contribution in [1.82, 2.24) is 10.3 Å². The average molecular weight is 345 g/mol. The van der Waals surface area contributed by atoms with E-state index in [2.05, 4.69) is 17.2 Å². The third-order valence-electron chi connectivity index (χ3n) is 3.79. The van der Waals surface area contributed by atoms with Gasteiger partial charge in [-0.3, -0.25) is 4.79 Å². The molecule has 1 aromatic heterocycles. The molecule has 134 valence electrons. The lowest BCUT2D eigenvalue weighted by atomic mass is 10.1. The van der Waals surface area contributed by atoms with E-state index in [9.17, 15) is 9.59 Å². The Bertz CT molecular complexity index is 699. The normalized spacial score (nSPS) is 13.1. The summed E-state index contributed by atoms with van der Waals surface area (Å²) in [6.07, 6.45) is 3.94. The molecule has 0 radical (unpaired) electrons. The van der Waals surface area contributed by atoms with Crippen molar-refractivity contribution < 1.29 is 18.7 Å². The van der Waals surface area contributed by atoms with Crippen LogP contribution in [0.25, 0.3) is 0 Å². The minimum Gasteiger partial charge on any atom is -0.467 e. The van der Waals surface area contributed by atoms with Crippen molar-refractivity contribution in [2.45, 2.75) is 38.3 Å². The van der Waals surface area contributed by atoms with Crippen LogP contribution in [0.4, 0.5) is 0 Å². The van der Waals surface area contributed by atoms with E-state index in [1.807, 2.05) is 6.07 Å². The fraction of sp³-hybridized carbons (Fsp3) is 0.389. The minimum atomic E-state index is -0.924. The maximum atomic E-state index is 12.4. The first-order valence-corrected chi connectivity index (χ1v) is 8.21. The van der Waals surface area contributed by atoms with Crippen LogP contribution in [0.1, 0.15) is 60.2 Å². The number of amides is 1. The first-order chi connectivity index (χ1) is 12.1. The van der Waals surface area contributed by atoms with Gasteiger partial charge in [-0.25, -0.2) is 9.78 Å². The number of ether oxygens (including phenoxy) is 1. The zero-order valence-corrected chi connectivity index (χ0v) is 14.4. The molecule has 2 aromatic rings. The first-order valence-electron chi connectivity index (χ1n) is 8.21. The molecule has 0 saturated carbocycles. The molecule has 7 nitrogen and oxygen atoms in total. The van der Waals surface area contributed by atoms with Crippen LogP contribution in [0.5, 0.6) is 0 Å². The molecule has 1 amide bonds. The minimum absolute atomic E-state index is 0.0757. The van der Waals surface area contributed by atoms with E-state index in [0.717, 1.165) is 19.3 Å². The molecule has 2 unspecified atom stereocenters. The number of carbonyl (C=O) groups excluding carboxylic acids is 2. The molecule has 0 fully saturated rings. The number of hydrogen-bond acceptors (Lipinski definition) is 6. The van der Waals surface area contributed by atoms with Gasteiger partial charge in [-0.05, 0) is 12.0 Å². The Morgan fingerprint density at radius 2 is 2.04 bits per heavy atom. The van der Waals surface area contributed by atoms with Gasteiger partial charge < -0.3 is 20.2 Å². The molecule has 7 heteroatoms. The topological polar surface area (TPSA) is 107 Å². The van der Waals surface area contributed by atoms with Gasteiger partial charge in [-0.2, -0.15) is 0 Å². The van der Waals surface area contributed by atoms with Crippen LogP contribution in [0.3, 0.4) is 0 Å². The van der Waals surface area contributed by atoms with E-state index >= 15 is 0 Å². The third kappa shape index (κ3) is 4.90. The summed E-state index contributed by atoms with van der Waals surface area (Å²) in [5.74, 6) is -0.784. The number of methoxy groups -OCH3 is 1. The monoisotopic (exact) mass is 345 g/mol. The molecule has 2 atom stereocenters. The molecule has 0 bridgehead atoms. The third-order valence-corrected chi connectivity index (χ3v) is 3.79. The molecular weight excluding hydrogens is 322 g/mol. The summed E-state index contributed by atoms with van der Waals surface area (Å²) >= 11 is 0. The van der Waals surface area contributed by atoms with Gasteiger partial charge in [-0.1, -0.05) is 50.1 Å². The van der Waals surface area contributed by atoms with Crippen LogP contribution in [-0.4, -0.2) is 24.0 Å². The van der Waals surface area contributed by atoms with Crippen molar-refractivity contribution in [2.24, 2.45) is 5.73 Å². The van der Waals surface area contributed by atoms with Crippen LogP contribution >= 0.6 is 0 Å². The predicted octanol–water partition coefficient (Wildman–Crippen LogP) is 2.51. The number of carbonyl (C=O) groups is 2. The molecule has 3 N–H and O–H groups in total. The van der Waals surface area contributed by atoms with E-state index in [0.29, 0.717) is 11.5 Å². The second-order valence-electron chi connectivity index (χ2n) is 5.66. The van der Waals surface area contributed by atoms with Gasteiger partial charge in [0.2, 0.25) is 5.89 Å². The number of unbranched alkanes of at least 4 members (excludes halogenated alkanes) is 1. The number of esters is 1. The van der Waals surface area contributed by atoms with E-state index in [1.165, 1.54) is 13.4 Å². The summed E-state index contributed by atoms with van der Waals surface area (Å²) in [6.45, 7) is 2.07. The highest BCUT2D eigenvalue weighted by atomic mass is 16.5. The van der Waals surface area contributed by atoms with E-state index in [1.54, 1.807) is 24.3 Å². The smallest absolute Gasteiger partial charge is 0.333 e. The summed E-state index contributed by atoms with van der Waals surface area (Å²) in [7, 11) is 1.27. The van der Waals surface area contributed by atoms with Crippen molar-refractivity contribution in [3.63, 3.8) is 0 Å². The zero-order chi connectivity index (χ0) is 18.2. The molecule has 0 aliphatic carbocycles. The highest BCUT2D eigenvalue weighted by Gasteiger charge is 2.25. The van der Waals surface area contributed by atoms with Gasteiger partial charge in [0.1, 0.15) is 6.26 Å². The van der Waals surface area contributed by atoms with E-state index < -0.39 is 17.9 Å². The van der Waals surface area contributed by atoms with Gasteiger partial charge >= 0.3 is 5.97 Å². The molecule has 2 rings (SSSR count). The summed E-state index contributed by atoms with van der Waals surface area (Å²) in [5, 5.41) is 2.62. The Balaban J connectivity index is 2.11. The highest BCUT2D eigenvalue weighted by molar-refractivity contribution is 5.95. The maximum Gasteiger partial charge on any atom is 0.333 e. The van der Waals surface area contributed by atoms with Crippen LogP contribution in [0.2, 0.25) is 0 Å². The molecule has 0 spiro atoms. The SMILES string of the molecule is CCCCC(N)c1nc(C(=O)NC(C(=O)OC)c2ccccc2)co1. The lowest BCUT2D eigenvalue weighted by Crippen LogP contribution is -2.34.